The largest absolute Gasteiger partial charge is 0.433 e. The van der Waals surface area contributed by atoms with Gasteiger partial charge in [0, 0.05) is 29.2 Å². The number of benzene rings is 1. The fourth-order valence-corrected chi connectivity index (χ4v) is 4.19. The first-order valence-electron chi connectivity index (χ1n) is 10.6. The minimum atomic E-state index is -4.55. The number of aromatic nitrogens is 1. The summed E-state index contributed by atoms with van der Waals surface area (Å²) in [6.45, 7) is 4.25. The monoisotopic (exact) mass is 447 g/mol. The van der Waals surface area contributed by atoms with Gasteiger partial charge in [-0.25, -0.2) is 4.98 Å². The summed E-state index contributed by atoms with van der Waals surface area (Å²) < 4.78 is 40.2. The molecule has 0 radical (unpaired) electrons. The molecule has 1 heterocycles. The highest BCUT2D eigenvalue weighted by Crippen LogP contribution is 2.37. The van der Waals surface area contributed by atoms with Crippen molar-refractivity contribution in [3.8, 4) is 0 Å². The molecule has 0 unspecified atom stereocenters. The van der Waals surface area contributed by atoms with E-state index >= 15 is 0 Å². The van der Waals surface area contributed by atoms with E-state index in [0.717, 1.165) is 25.3 Å². The zero-order chi connectivity index (χ0) is 23.4. The van der Waals surface area contributed by atoms with Crippen molar-refractivity contribution in [2.24, 2.45) is 10.7 Å². The molecule has 32 heavy (non-hydrogen) atoms. The number of carbonyl (C=O) groups excluding carboxylic acids is 1. The lowest BCUT2D eigenvalue weighted by Crippen LogP contribution is -2.49. The maximum Gasteiger partial charge on any atom is 0.433 e. The second-order valence-electron chi connectivity index (χ2n) is 8.24. The summed E-state index contributed by atoms with van der Waals surface area (Å²) in [5.74, 6) is -0.309. The van der Waals surface area contributed by atoms with Crippen molar-refractivity contribution in [1.82, 2.24) is 10.3 Å². The second kappa shape index (κ2) is 9.58. The number of rotatable bonds is 6. The molecule has 0 spiro atoms. The number of nitrogens with zero attached hydrogens (tertiary/aromatic N) is 2. The first-order valence-corrected chi connectivity index (χ1v) is 10.6. The predicted octanol–water partition coefficient (Wildman–Crippen LogP) is 4.42. The SMILES string of the molecule is CCN=C(/C=C\N)C(=O)N[C@@H]1CCC[C@@](C)(Nc2cc(C(F)(F)F)nc3ccccc23)C1. The van der Waals surface area contributed by atoms with Gasteiger partial charge >= 0.3 is 6.18 Å². The van der Waals surface area contributed by atoms with Crippen LogP contribution in [0.3, 0.4) is 0 Å². The van der Waals surface area contributed by atoms with Gasteiger partial charge in [-0.2, -0.15) is 13.2 Å². The van der Waals surface area contributed by atoms with Gasteiger partial charge in [-0.1, -0.05) is 18.2 Å². The third-order valence-electron chi connectivity index (χ3n) is 5.57. The lowest BCUT2D eigenvalue weighted by molar-refractivity contribution is -0.140. The van der Waals surface area contributed by atoms with Gasteiger partial charge in [0.1, 0.15) is 11.4 Å². The van der Waals surface area contributed by atoms with Crippen LogP contribution in [0.15, 0.2) is 47.6 Å². The molecule has 0 bridgehead atoms. The van der Waals surface area contributed by atoms with Crippen LogP contribution in [-0.2, 0) is 11.0 Å². The van der Waals surface area contributed by atoms with Crippen LogP contribution in [0.25, 0.3) is 10.9 Å². The molecule has 1 aliphatic rings. The molecule has 6 nitrogen and oxygen atoms in total. The maximum absolute atomic E-state index is 13.4. The Morgan fingerprint density at radius 3 is 2.81 bits per heavy atom. The number of nitrogens with two attached hydrogens (primary N) is 1. The second-order valence-corrected chi connectivity index (χ2v) is 8.24. The molecule has 1 aliphatic carbocycles. The quantitative estimate of drug-likeness (QED) is 0.572. The fourth-order valence-electron chi connectivity index (χ4n) is 4.19. The molecular weight excluding hydrogens is 419 g/mol. The number of amides is 1. The molecule has 0 aliphatic heterocycles. The molecule has 1 amide bonds. The van der Waals surface area contributed by atoms with Crippen LogP contribution in [0.2, 0.25) is 0 Å². The van der Waals surface area contributed by atoms with E-state index in [1.807, 2.05) is 13.8 Å². The van der Waals surface area contributed by atoms with Gasteiger partial charge in [-0.3, -0.25) is 9.79 Å². The van der Waals surface area contributed by atoms with Crippen molar-refractivity contribution in [2.75, 3.05) is 11.9 Å². The van der Waals surface area contributed by atoms with Gasteiger partial charge in [0.05, 0.1) is 5.52 Å². The fraction of sp³-hybridized carbons (Fsp3) is 0.435. The number of hydrogen-bond acceptors (Lipinski definition) is 5. The van der Waals surface area contributed by atoms with Crippen LogP contribution < -0.4 is 16.4 Å². The number of aliphatic imine (C=N–C) groups is 1. The van der Waals surface area contributed by atoms with Crippen molar-refractivity contribution in [3.63, 3.8) is 0 Å². The molecule has 1 fully saturated rings. The lowest BCUT2D eigenvalue weighted by atomic mass is 9.80. The van der Waals surface area contributed by atoms with E-state index in [9.17, 15) is 18.0 Å². The van der Waals surface area contributed by atoms with Crippen LogP contribution in [-0.4, -0.2) is 34.7 Å². The number of anilines is 1. The summed E-state index contributed by atoms with van der Waals surface area (Å²) in [5.41, 5.74) is 4.89. The Morgan fingerprint density at radius 2 is 2.12 bits per heavy atom. The van der Waals surface area contributed by atoms with Gasteiger partial charge in [-0.05, 0) is 63.9 Å². The average Bonchev–Trinajstić information content (AvgIpc) is 2.72. The molecule has 9 heteroatoms. The predicted molar refractivity (Wildman–Crippen MR) is 120 cm³/mol. The highest BCUT2D eigenvalue weighted by atomic mass is 19.4. The molecule has 1 saturated carbocycles. The summed E-state index contributed by atoms with van der Waals surface area (Å²) >= 11 is 0. The molecule has 172 valence electrons. The smallest absolute Gasteiger partial charge is 0.405 e. The Balaban J connectivity index is 1.84. The van der Waals surface area contributed by atoms with E-state index in [1.54, 1.807) is 24.3 Å². The van der Waals surface area contributed by atoms with E-state index in [2.05, 4.69) is 20.6 Å². The van der Waals surface area contributed by atoms with Gasteiger partial charge < -0.3 is 16.4 Å². The third kappa shape index (κ3) is 5.57. The minimum Gasteiger partial charge on any atom is -0.405 e. The molecule has 1 aromatic carbocycles. The summed E-state index contributed by atoms with van der Waals surface area (Å²) in [4.78, 5) is 20.5. The van der Waals surface area contributed by atoms with Crippen molar-refractivity contribution in [2.45, 2.75) is 57.3 Å². The number of nitrogens with one attached hydrogen (secondary N) is 2. The number of fused-ring (bicyclic) bond motifs is 1. The number of hydrogen-bond donors (Lipinski definition) is 3. The average molecular weight is 448 g/mol. The summed E-state index contributed by atoms with van der Waals surface area (Å²) in [5, 5.41) is 6.96. The van der Waals surface area contributed by atoms with Crippen molar-refractivity contribution >= 4 is 28.2 Å². The number of carbonyl (C=O) groups is 1. The van der Waals surface area contributed by atoms with Crippen molar-refractivity contribution in [3.05, 3.63) is 48.3 Å². The third-order valence-corrected chi connectivity index (χ3v) is 5.57. The minimum absolute atomic E-state index is 0.142. The topological polar surface area (TPSA) is 92.4 Å². The first kappa shape index (κ1) is 23.6. The Hall–Kier alpha value is -3.10. The molecule has 1 aromatic heterocycles. The highest BCUT2D eigenvalue weighted by molar-refractivity contribution is 6.43. The zero-order valence-corrected chi connectivity index (χ0v) is 18.2. The maximum atomic E-state index is 13.4. The zero-order valence-electron chi connectivity index (χ0n) is 18.2. The molecule has 0 saturated heterocycles. The Labute approximate surface area is 185 Å². The summed E-state index contributed by atoms with van der Waals surface area (Å²) in [6, 6.07) is 7.68. The van der Waals surface area contributed by atoms with Gasteiger partial charge in [0.15, 0.2) is 0 Å². The Bertz CT molecular complexity index is 1030. The van der Waals surface area contributed by atoms with E-state index in [-0.39, 0.29) is 23.2 Å². The standard InChI is InChI=1S/C23H28F3N5O/c1-3-28-18(10-12-27)21(32)29-15-7-6-11-22(2,14-15)31-19-13-20(23(24,25)26)30-17-9-5-4-8-16(17)19/h4-5,8-10,12-13,15H,3,6-7,11,14,27H2,1-2H3,(H,29,32)(H,30,31)/b12-10-,28-18?/t15-,22-/m1/s1. The molecule has 4 N–H and O–H groups in total. The summed E-state index contributed by atoms with van der Waals surface area (Å²) in [7, 11) is 0. The normalized spacial score (nSPS) is 22.3. The molecule has 2 atom stereocenters. The van der Waals surface area contributed by atoms with Crippen LogP contribution in [0.1, 0.15) is 45.2 Å². The van der Waals surface area contributed by atoms with Crippen LogP contribution >= 0.6 is 0 Å². The Morgan fingerprint density at radius 1 is 1.38 bits per heavy atom. The lowest BCUT2D eigenvalue weighted by Gasteiger charge is -2.40. The Kier molecular flexibility index (Phi) is 7.06. The van der Waals surface area contributed by atoms with Crippen molar-refractivity contribution in [1.29, 1.82) is 0 Å². The van der Waals surface area contributed by atoms with E-state index in [0.29, 0.717) is 24.0 Å². The number of halogens is 3. The van der Waals surface area contributed by atoms with Crippen LogP contribution in [0, 0.1) is 0 Å². The molecule has 3 rings (SSSR count). The van der Waals surface area contributed by atoms with Gasteiger partial charge in [0.2, 0.25) is 0 Å². The number of pyridine rings is 1. The van der Waals surface area contributed by atoms with Gasteiger partial charge in [-0.15, -0.1) is 0 Å². The first-order chi connectivity index (χ1) is 15.1. The molecular formula is C23H28F3N5O. The van der Waals surface area contributed by atoms with Crippen LogP contribution in [0.5, 0.6) is 0 Å². The molecule has 2 aromatic rings. The van der Waals surface area contributed by atoms with E-state index < -0.39 is 17.4 Å². The number of para-hydroxylation sites is 1. The van der Waals surface area contributed by atoms with E-state index in [1.165, 1.54) is 12.3 Å². The van der Waals surface area contributed by atoms with Gasteiger partial charge in [0.25, 0.3) is 5.91 Å². The van der Waals surface area contributed by atoms with Crippen LogP contribution in [0.4, 0.5) is 18.9 Å². The highest BCUT2D eigenvalue weighted by Gasteiger charge is 2.36. The summed E-state index contributed by atoms with van der Waals surface area (Å²) in [6.07, 6.45) is 1.10. The van der Waals surface area contributed by atoms with Crippen molar-refractivity contribution < 1.29 is 18.0 Å². The van der Waals surface area contributed by atoms with E-state index in [4.69, 9.17) is 5.73 Å². The number of alkyl halides is 3.